The molecule has 1 rings (SSSR count). The molecule has 1 aromatic rings. The van der Waals surface area contributed by atoms with Crippen molar-refractivity contribution in [1.82, 2.24) is 10.6 Å². The van der Waals surface area contributed by atoms with Crippen LogP contribution in [-0.4, -0.2) is 36.7 Å². The lowest BCUT2D eigenvalue weighted by atomic mass is 10.1. The zero-order chi connectivity index (χ0) is 15.0. The van der Waals surface area contributed by atoms with E-state index in [1.54, 1.807) is 12.1 Å². The van der Waals surface area contributed by atoms with E-state index in [0.29, 0.717) is 11.1 Å². The molecule has 6 nitrogen and oxygen atoms in total. The topological polar surface area (TPSA) is 104 Å². The van der Waals surface area contributed by atoms with Crippen molar-refractivity contribution < 1.29 is 14.7 Å². The Hall–Kier alpha value is -2.52. The van der Waals surface area contributed by atoms with Crippen molar-refractivity contribution in [2.75, 3.05) is 19.7 Å². The molecule has 0 saturated heterocycles. The van der Waals surface area contributed by atoms with E-state index < -0.39 is 6.03 Å². The minimum atomic E-state index is -0.628. The highest BCUT2D eigenvalue weighted by Gasteiger charge is 2.06. The maximum atomic E-state index is 11.9. The van der Waals surface area contributed by atoms with Gasteiger partial charge < -0.3 is 21.5 Å². The number of rotatable bonds is 4. The number of primary amides is 1. The number of carbonyl (C=O) groups is 2. The first-order valence-electron chi connectivity index (χ1n) is 6.06. The molecule has 0 saturated carbocycles. The Bertz CT molecular complexity index is 559. The molecular formula is C14H17N3O3. The van der Waals surface area contributed by atoms with Crippen molar-refractivity contribution in [3.8, 4) is 11.8 Å². The van der Waals surface area contributed by atoms with E-state index in [0.717, 1.165) is 5.56 Å². The largest absolute Gasteiger partial charge is 0.384 e. The minimum absolute atomic E-state index is 0.228. The summed E-state index contributed by atoms with van der Waals surface area (Å²) < 4.78 is 0. The van der Waals surface area contributed by atoms with Crippen molar-refractivity contribution in [3.05, 3.63) is 34.9 Å². The lowest BCUT2D eigenvalue weighted by Gasteiger charge is -2.07. The monoisotopic (exact) mass is 275 g/mol. The zero-order valence-electron chi connectivity index (χ0n) is 11.2. The van der Waals surface area contributed by atoms with Gasteiger partial charge in [0.2, 0.25) is 0 Å². The average Bonchev–Trinajstić information content (AvgIpc) is 2.40. The van der Waals surface area contributed by atoms with Crippen LogP contribution in [0.5, 0.6) is 0 Å². The summed E-state index contributed by atoms with van der Waals surface area (Å²) in [6, 6.07) is 4.58. The molecule has 0 aliphatic heterocycles. The van der Waals surface area contributed by atoms with Crippen LogP contribution in [0.4, 0.5) is 4.79 Å². The number of aryl methyl sites for hydroxylation is 1. The van der Waals surface area contributed by atoms with Crippen molar-refractivity contribution in [2.24, 2.45) is 5.73 Å². The zero-order valence-corrected chi connectivity index (χ0v) is 11.2. The second-order valence-corrected chi connectivity index (χ2v) is 4.09. The van der Waals surface area contributed by atoms with E-state index in [4.69, 9.17) is 10.8 Å². The van der Waals surface area contributed by atoms with Gasteiger partial charge in [-0.05, 0) is 30.7 Å². The molecule has 20 heavy (non-hydrogen) atoms. The Balaban J connectivity index is 2.67. The first-order valence-corrected chi connectivity index (χ1v) is 6.06. The van der Waals surface area contributed by atoms with Crippen molar-refractivity contribution in [1.29, 1.82) is 0 Å². The van der Waals surface area contributed by atoms with E-state index >= 15 is 0 Å². The highest BCUT2D eigenvalue weighted by molar-refractivity contribution is 5.94. The lowest BCUT2D eigenvalue weighted by molar-refractivity contribution is 0.0953. The molecule has 1 aromatic carbocycles. The van der Waals surface area contributed by atoms with E-state index in [2.05, 4.69) is 22.5 Å². The second kappa shape index (κ2) is 7.81. The van der Waals surface area contributed by atoms with Crippen molar-refractivity contribution in [2.45, 2.75) is 6.92 Å². The number of carbonyl (C=O) groups excluding carboxylic acids is 2. The minimum Gasteiger partial charge on any atom is -0.384 e. The molecule has 0 atom stereocenters. The van der Waals surface area contributed by atoms with Crippen LogP contribution < -0.4 is 16.4 Å². The molecule has 0 bridgehead atoms. The molecule has 0 aliphatic rings. The SMILES string of the molecule is Cc1cc(C#CCO)cc(C(=O)NCCNC(N)=O)c1. The Morgan fingerprint density at radius 2 is 1.95 bits per heavy atom. The van der Waals surface area contributed by atoms with Crippen LogP contribution in [0, 0.1) is 18.8 Å². The fourth-order valence-corrected chi connectivity index (χ4v) is 1.59. The van der Waals surface area contributed by atoms with Crippen molar-refractivity contribution >= 4 is 11.9 Å². The molecule has 0 radical (unpaired) electrons. The lowest BCUT2D eigenvalue weighted by Crippen LogP contribution is -2.37. The number of nitrogens with two attached hydrogens (primary N) is 1. The third-order valence-electron chi connectivity index (χ3n) is 2.36. The summed E-state index contributed by atoms with van der Waals surface area (Å²) in [5.41, 5.74) is 6.95. The Labute approximate surface area is 117 Å². The summed E-state index contributed by atoms with van der Waals surface area (Å²) >= 11 is 0. The number of amides is 3. The summed E-state index contributed by atoms with van der Waals surface area (Å²) in [7, 11) is 0. The Morgan fingerprint density at radius 1 is 1.25 bits per heavy atom. The smallest absolute Gasteiger partial charge is 0.312 e. The third kappa shape index (κ3) is 5.42. The van der Waals surface area contributed by atoms with Gasteiger partial charge in [-0.3, -0.25) is 4.79 Å². The predicted octanol–water partition coefficient (Wildman–Crippen LogP) is -0.263. The molecule has 106 valence electrons. The van der Waals surface area contributed by atoms with E-state index in [1.807, 2.05) is 13.0 Å². The maximum absolute atomic E-state index is 11.9. The van der Waals surface area contributed by atoms with Crippen LogP contribution in [0.2, 0.25) is 0 Å². The number of aliphatic hydroxyl groups excluding tert-OH is 1. The van der Waals surface area contributed by atoms with E-state index in [1.165, 1.54) is 0 Å². The van der Waals surface area contributed by atoms with Crippen LogP contribution in [0.3, 0.4) is 0 Å². The molecule has 0 spiro atoms. The maximum Gasteiger partial charge on any atom is 0.312 e. The molecular weight excluding hydrogens is 258 g/mol. The van der Waals surface area contributed by atoms with Crippen LogP contribution in [0.1, 0.15) is 21.5 Å². The fourth-order valence-electron chi connectivity index (χ4n) is 1.59. The molecule has 0 aromatic heterocycles. The molecule has 6 heteroatoms. The van der Waals surface area contributed by atoms with Gasteiger partial charge in [0, 0.05) is 24.2 Å². The summed E-state index contributed by atoms with van der Waals surface area (Å²) in [6.45, 7) is 2.18. The average molecular weight is 275 g/mol. The predicted molar refractivity (Wildman–Crippen MR) is 75.1 cm³/mol. The van der Waals surface area contributed by atoms with Gasteiger partial charge in [-0.15, -0.1) is 0 Å². The molecule has 5 N–H and O–H groups in total. The van der Waals surface area contributed by atoms with E-state index in [-0.39, 0.29) is 25.6 Å². The van der Waals surface area contributed by atoms with Crippen LogP contribution in [-0.2, 0) is 0 Å². The van der Waals surface area contributed by atoms with Crippen LogP contribution in [0.25, 0.3) is 0 Å². The van der Waals surface area contributed by atoms with Gasteiger partial charge in [-0.2, -0.15) is 0 Å². The van der Waals surface area contributed by atoms with Gasteiger partial charge in [0.15, 0.2) is 0 Å². The fraction of sp³-hybridized carbons (Fsp3) is 0.286. The summed E-state index contributed by atoms with van der Waals surface area (Å²) in [5, 5.41) is 13.7. The molecule has 3 amide bonds. The quantitative estimate of drug-likeness (QED) is 0.449. The standard InChI is InChI=1S/C14H17N3O3/c1-10-7-11(3-2-6-18)9-12(8-10)13(19)16-4-5-17-14(15)20/h7-9,18H,4-6H2,1H3,(H,16,19)(H3,15,17,20). The Morgan fingerprint density at radius 3 is 2.60 bits per heavy atom. The number of hydrogen-bond acceptors (Lipinski definition) is 3. The number of hydrogen-bond donors (Lipinski definition) is 4. The summed E-state index contributed by atoms with van der Waals surface area (Å²) in [4.78, 5) is 22.4. The van der Waals surface area contributed by atoms with Gasteiger partial charge in [-0.1, -0.05) is 11.8 Å². The first kappa shape index (κ1) is 15.5. The second-order valence-electron chi connectivity index (χ2n) is 4.09. The summed E-state index contributed by atoms with van der Waals surface area (Å²) in [5.74, 6) is 5.04. The number of benzene rings is 1. The number of urea groups is 1. The normalized spacial score (nSPS) is 9.30. The van der Waals surface area contributed by atoms with Gasteiger partial charge in [0.25, 0.3) is 5.91 Å². The highest BCUT2D eigenvalue weighted by Crippen LogP contribution is 2.08. The molecule has 0 aliphatic carbocycles. The Kier molecular flexibility index (Phi) is 6.07. The number of nitrogens with one attached hydrogen (secondary N) is 2. The third-order valence-corrected chi connectivity index (χ3v) is 2.36. The summed E-state index contributed by atoms with van der Waals surface area (Å²) in [6.07, 6.45) is 0. The number of aliphatic hydroxyl groups is 1. The molecule has 0 unspecified atom stereocenters. The van der Waals surface area contributed by atoms with Gasteiger partial charge in [0.05, 0.1) is 0 Å². The first-order chi connectivity index (χ1) is 9.52. The van der Waals surface area contributed by atoms with Gasteiger partial charge >= 0.3 is 6.03 Å². The van der Waals surface area contributed by atoms with Gasteiger partial charge in [-0.25, -0.2) is 4.79 Å². The van der Waals surface area contributed by atoms with Gasteiger partial charge in [0.1, 0.15) is 6.61 Å². The highest BCUT2D eigenvalue weighted by atomic mass is 16.2. The van der Waals surface area contributed by atoms with E-state index in [9.17, 15) is 9.59 Å². The molecule has 0 fully saturated rings. The molecule has 0 heterocycles. The van der Waals surface area contributed by atoms with Crippen LogP contribution >= 0.6 is 0 Å². The van der Waals surface area contributed by atoms with Crippen molar-refractivity contribution in [3.63, 3.8) is 0 Å². The van der Waals surface area contributed by atoms with Crippen LogP contribution in [0.15, 0.2) is 18.2 Å².